The summed E-state index contributed by atoms with van der Waals surface area (Å²) in [4.78, 5) is 30.3. The van der Waals surface area contributed by atoms with Crippen molar-refractivity contribution in [2.24, 2.45) is 17.6 Å². The van der Waals surface area contributed by atoms with E-state index in [-0.39, 0.29) is 17.6 Å². The summed E-state index contributed by atoms with van der Waals surface area (Å²) in [6, 6.07) is 9.38. The minimum Gasteiger partial charge on any atom is -0.507 e. The fourth-order valence-corrected chi connectivity index (χ4v) is 8.45. The molecule has 1 aliphatic carbocycles. The molecular formula is C41H54N8O5. The summed E-state index contributed by atoms with van der Waals surface area (Å²) >= 11 is 0. The lowest BCUT2D eigenvalue weighted by molar-refractivity contribution is -0.146. The fraction of sp³-hybridized carbons (Fsp3) is 0.512. The SMILES string of the molecule is CCOC(=O)C(c1cc(OCC2CCC(N3CCC(c4cnc(N5CCc6[nH]c(N)c(/C=C(\N)c7ccccc7O)c6C5)nc4)CC3)CC2)no1)C(C)C. The van der Waals surface area contributed by atoms with Gasteiger partial charge >= 0.3 is 5.97 Å². The van der Waals surface area contributed by atoms with E-state index in [4.69, 9.17) is 35.4 Å². The van der Waals surface area contributed by atoms with Crippen molar-refractivity contribution in [1.82, 2.24) is 25.0 Å². The number of carbonyl (C=O) groups is 1. The molecule has 0 amide bonds. The largest absolute Gasteiger partial charge is 0.507 e. The third kappa shape index (κ3) is 8.20. The number of ether oxygens (including phenoxy) is 2. The molecule has 7 rings (SSSR count). The second kappa shape index (κ2) is 16.5. The molecule has 3 aromatic heterocycles. The normalized spacial score (nSPS) is 20.5. The van der Waals surface area contributed by atoms with Crippen molar-refractivity contribution in [2.45, 2.75) is 90.1 Å². The van der Waals surface area contributed by atoms with Crippen molar-refractivity contribution in [3.05, 3.63) is 76.4 Å². The van der Waals surface area contributed by atoms with E-state index in [1.54, 1.807) is 31.2 Å². The standard InChI is InChI=1S/C41H54N8O5/c1-4-52-40(51)38(25(2)3)36-20-37(47-54-36)53-24-26-9-11-29(12-10-26)48-16-13-27(14-17-48)28-21-44-41(45-22-28)49-18-15-34-32(23-49)31(39(43)46-34)19-33(42)30-7-5-6-8-35(30)50/h5-8,19-22,25-27,29,38,46,50H,4,9-18,23-24,42-43H2,1-3H3/b33-19-. The van der Waals surface area contributed by atoms with Crippen LogP contribution in [0.4, 0.5) is 11.8 Å². The van der Waals surface area contributed by atoms with E-state index in [0.29, 0.717) is 72.3 Å². The minimum absolute atomic E-state index is 0.0301. The summed E-state index contributed by atoms with van der Waals surface area (Å²) in [5.41, 5.74) is 18.1. The number of carbonyl (C=O) groups excluding carboxylic acids is 1. The number of hydrogen-bond acceptors (Lipinski definition) is 12. The molecule has 13 nitrogen and oxygen atoms in total. The van der Waals surface area contributed by atoms with Gasteiger partial charge in [0.2, 0.25) is 5.95 Å². The van der Waals surface area contributed by atoms with Crippen molar-refractivity contribution in [1.29, 1.82) is 0 Å². The molecule has 288 valence electrons. The fourth-order valence-electron chi connectivity index (χ4n) is 8.45. The van der Waals surface area contributed by atoms with Crippen LogP contribution in [0.3, 0.4) is 0 Å². The number of phenolic OH excluding ortho intramolecular Hbond substituents is 1. The average Bonchev–Trinajstić information content (AvgIpc) is 3.77. The molecule has 1 aromatic carbocycles. The Bertz CT molecular complexity index is 1900. The Morgan fingerprint density at radius 2 is 1.83 bits per heavy atom. The number of aromatic nitrogens is 4. The Morgan fingerprint density at radius 1 is 1.09 bits per heavy atom. The first-order chi connectivity index (χ1) is 26.2. The number of H-pyrrole nitrogens is 1. The highest BCUT2D eigenvalue weighted by Gasteiger charge is 2.32. The van der Waals surface area contributed by atoms with Gasteiger partial charge in [-0.2, -0.15) is 0 Å². The van der Waals surface area contributed by atoms with E-state index < -0.39 is 5.92 Å². The van der Waals surface area contributed by atoms with Crippen molar-refractivity contribution in [3.63, 3.8) is 0 Å². The molecule has 1 saturated carbocycles. The average molecular weight is 739 g/mol. The molecule has 54 heavy (non-hydrogen) atoms. The van der Waals surface area contributed by atoms with Crippen LogP contribution in [0, 0.1) is 11.8 Å². The molecule has 4 aromatic rings. The van der Waals surface area contributed by atoms with Gasteiger partial charge in [0, 0.05) is 72.1 Å². The highest BCUT2D eigenvalue weighted by Crippen LogP contribution is 2.36. The van der Waals surface area contributed by atoms with Crippen molar-refractivity contribution < 1.29 is 23.9 Å². The molecule has 1 unspecified atom stereocenters. The molecule has 1 atom stereocenters. The molecule has 6 N–H and O–H groups in total. The van der Waals surface area contributed by atoms with Crippen LogP contribution >= 0.6 is 0 Å². The van der Waals surface area contributed by atoms with Gasteiger partial charge in [0.15, 0.2) is 5.76 Å². The number of nitrogens with zero attached hydrogens (tertiary/aromatic N) is 5. The zero-order chi connectivity index (χ0) is 37.8. The number of benzene rings is 1. The molecule has 3 aliphatic rings. The summed E-state index contributed by atoms with van der Waals surface area (Å²) in [5.74, 6) is 2.53. The molecule has 0 radical (unpaired) electrons. The highest BCUT2D eigenvalue weighted by atomic mass is 16.5. The summed E-state index contributed by atoms with van der Waals surface area (Å²) in [5, 5.41) is 14.4. The summed E-state index contributed by atoms with van der Waals surface area (Å²) in [6.07, 6.45) is 13.5. The van der Waals surface area contributed by atoms with E-state index in [2.05, 4.69) is 19.9 Å². The summed E-state index contributed by atoms with van der Waals surface area (Å²) in [7, 11) is 0. The zero-order valence-electron chi connectivity index (χ0n) is 31.7. The number of likely N-dealkylation sites (tertiary alicyclic amines) is 1. The molecule has 2 aliphatic heterocycles. The highest BCUT2D eigenvalue weighted by molar-refractivity contribution is 5.86. The topological polar surface area (TPSA) is 182 Å². The van der Waals surface area contributed by atoms with Crippen LogP contribution in [0.15, 0.2) is 47.2 Å². The number of nitrogens with two attached hydrogens (primary N) is 2. The van der Waals surface area contributed by atoms with Crippen molar-refractivity contribution in [2.75, 3.05) is 43.5 Å². The Labute approximate surface area is 317 Å². The van der Waals surface area contributed by atoms with Gasteiger partial charge in [0.05, 0.1) is 13.2 Å². The number of piperidine rings is 1. The zero-order valence-corrected chi connectivity index (χ0v) is 31.7. The molecule has 5 heterocycles. The van der Waals surface area contributed by atoms with E-state index >= 15 is 0 Å². The molecule has 2 fully saturated rings. The van der Waals surface area contributed by atoms with Gasteiger partial charge in [-0.3, -0.25) is 4.79 Å². The maximum absolute atomic E-state index is 12.4. The van der Waals surface area contributed by atoms with E-state index in [9.17, 15) is 9.90 Å². The number of para-hydroxylation sites is 1. The molecule has 13 heteroatoms. The number of esters is 1. The third-order valence-electron chi connectivity index (χ3n) is 11.5. The van der Waals surface area contributed by atoms with Crippen molar-refractivity contribution in [3.8, 4) is 11.6 Å². The number of aromatic amines is 1. The summed E-state index contributed by atoms with van der Waals surface area (Å²) < 4.78 is 16.8. The number of fused-ring (bicyclic) bond motifs is 1. The van der Waals surface area contributed by atoms with Gasteiger partial charge in [-0.15, -0.1) is 0 Å². The Balaban J connectivity index is 0.873. The predicted molar refractivity (Wildman–Crippen MR) is 208 cm³/mol. The number of phenols is 1. The van der Waals surface area contributed by atoms with Crippen molar-refractivity contribution >= 4 is 29.5 Å². The lowest BCUT2D eigenvalue weighted by atomic mass is 9.83. The maximum atomic E-state index is 12.4. The number of hydrogen-bond donors (Lipinski definition) is 4. The van der Waals surface area contributed by atoms with Crippen LogP contribution in [-0.4, -0.2) is 75.0 Å². The van der Waals surface area contributed by atoms with Crippen LogP contribution in [0.2, 0.25) is 0 Å². The predicted octanol–water partition coefficient (Wildman–Crippen LogP) is 6.22. The quantitative estimate of drug-likeness (QED) is 0.121. The van der Waals surface area contributed by atoms with Gasteiger partial charge in [-0.05, 0) is 105 Å². The first-order valence-electron chi connectivity index (χ1n) is 19.5. The monoisotopic (exact) mass is 738 g/mol. The van der Waals surface area contributed by atoms with Gasteiger partial charge in [-0.1, -0.05) is 26.0 Å². The van der Waals surface area contributed by atoms with Gasteiger partial charge in [-0.25, -0.2) is 9.97 Å². The third-order valence-corrected chi connectivity index (χ3v) is 11.5. The number of aromatic hydroxyl groups is 1. The van der Waals surface area contributed by atoms with Crippen LogP contribution in [-0.2, 0) is 22.5 Å². The molecule has 0 bridgehead atoms. The lowest BCUT2D eigenvalue weighted by Gasteiger charge is -2.40. The second-order valence-electron chi connectivity index (χ2n) is 15.4. The second-order valence-corrected chi connectivity index (χ2v) is 15.4. The van der Waals surface area contributed by atoms with E-state index in [1.807, 2.05) is 38.4 Å². The first-order valence-corrected chi connectivity index (χ1v) is 19.5. The Morgan fingerprint density at radius 3 is 2.54 bits per heavy atom. The summed E-state index contributed by atoms with van der Waals surface area (Å²) in [6.45, 7) is 10.3. The smallest absolute Gasteiger partial charge is 0.317 e. The van der Waals surface area contributed by atoms with Crippen LogP contribution in [0.25, 0.3) is 11.8 Å². The van der Waals surface area contributed by atoms with Gasteiger partial charge < -0.3 is 45.4 Å². The van der Waals surface area contributed by atoms with Crippen LogP contribution in [0.1, 0.15) is 105 Å². The van der Waals surface area contributed by atoms with Crippen LogP contribution in [0.5, 0.6) is 11.6 Å². The Kier molecular flexibility index (Phi) is 11.4. The van der Waals surface area contributed by atoms with E-state index in [0.717, 1.165) is 68.6 Å². The Hall–Kier alpha value is -5.04. The number of rotatable bonds is 12. The molecular weight excluding hydrogens is 685 g/mol. The lowest BCUT2D eigenvalue weighted by Crippen LogP contribution is -2.43. The molecule has 0 spiro atoms. The maximum Gasteiger partial charge on any atom is 0.317 e. The van der Waals surface area contributed by atoms with Crippen LogP contribution < -0.4 is 21.1 Å². The molecule has 1 saturated heterocycles. The van der Waals surface area contributed by atoms with Gasteiger partial charge in [0.25, 0.3) is 5.88 Å². The number of anilines is 2. The minimum atomic E-state index is -0.488. The van der Waals surface area contributed by atoms with E-state index in [1.165, 1.54) is 18.4 Å². The van der Waals surface area contributed by atoms with Gasteiger partial charge in [0.1, 0.15) is 17.5 Å². The number of nitrogen functional groups attached to an aromatic ring is 1. The number of nitrogens with one attached hydrogen (secondary N) is 1. The first kappa shape index (κ1) is 37.3.